The van der Waals surface area contributed by atoms with Crippen molar-refractivity contribution < 1.29 is 16.8 Å². The largest absolute Gasteiger partial charge is 0.243 e. The van der Waals surface area contributed by atoms with Gasteiger partial charge < -0.3 is 0 Å². The molecule has 2 fully saturated rings. The van der Waals surface area contributed by atoms with Crippen molar-refractivity contribution in [1.29, 1.82) is 0 Å². The van der Waals surface area contributed by atoms with Crippen LogP contribution in [0.15, 0.2) is 87.1 Å². The molecule has 2 saturated carbocycles. The van der Waals surface area contributed by atoms with E-state index in [1.165, 1.54) is 30.7 Å². The zero-order chi connectivity index (χ0) is 29.7. The van der Waals surface area contributed by atoms with E-state index in [9.17, 15) is 16.8 Å². The lowest BCUT2D eigenvalue weighted by Gasteiger charge is -2.30. The Morgan fingerprint density at radius 1 is 0.690 bits per heavy atom. The van der Waals surface area contributed by atoms with Gasteiger partial charge >= 0.3 is 0 Å². The molecule has 0 aromatic heterocycles. The number of hydrogen-bond donors (Lipinski definition) is 0. The maximum absolute atomic E-state index is 14.0. The zero-order valence-electron chi connectivity index (χ0n) is 23.7. The molecule has 0 spiro atoms. The second-order valence-corrected chi connectivity index (χ2v) is 16.6. The third-order valence-electron chi connectivity index (χ3n) is 8.54. The van der Waals surface area contributed by atoms with Crippen molar-refractivity contribution in [2.45, 2.75) is 86.7 Å². The molecule has 3 aromatic carbocycles. The quantitative estimate of drug-likeness (QED) is 0.204. The third kappa shape index (κ3) is 7.48. The minimum Gasteiger partial charge on any atom is -0.207 e. The summed E-state index contributed by atoms with van der Waals surface area (Å²) >= 11 is 9.63. The summed E-state index contributed by atoms with van der Waals surface area (Å²) in [5, 5.41) is 0.600. The second kappa shape index (κ2) is 13.9. The third-order valence-corrected chi connectivity index (χ3v) is 13.3. The first-order valence-electron chi connectivity index (χ1n) is 14.7. The predicted octanol–water partition coefficient (Wildman–Crippen LogP) is 8.01. The molecular formula is C32H38BrClN2O4S2. The second-order valence-electron chi connectivity index (χ2n) is 11.5. The normalized spacial score (nSPS) is 17.3. The van der Waals surface area contributed by atoms with Gasteiger partial charge in [0.15, 0.2) is 0 Å². The van der Waals surface area contributed by atoms with E-state index in [4.69, 9.17) is 11.6 Å². The Balaban J connectivity index is 1.42. The van der Waals surface area contributed by atoms with Crippen LogP contribution in [0.3, 0.4) is 0 Å². The van der Waals surface area contributed by atoms with E-state index in [1.54, 1.807) is 20.7 Å². The van der Waals surface area contributed by atoms with E-state index in [-0.39, 0.29) is 28.9 Å². The SMILES string of the molecule is O=S(=O)(c1ccc(S(=O)(=O)N(Cc2ccc(Cl)cc2)C2CCCC2)cc1)N(Cc1ccccc1Br)CC1CCCCC1. The van der Waals surface area contributed by atoms with Crippen molar-refractivity contribution >= 4 is 47.6 Å². The van der Waals surface area contributed by atoms with E-state index in [0.717, 1.165) is 67.0 Å². The Hall–Kier alpha value is -1.75. The average molecular weight is 694 g/mol. The molecule has 3 aromatic rings. The lowest BCUT2D eigenvalue weighted by Crippen LogP contribution is -2.38. The summed E-state index contributed by atoms with van der Waals surface area (Å²) in [5.74, 6) is 0.309. The number of rotatable bonds is 11. The predicted molar refractivity (Wildman–Crippen MR) is 171 cm³/mol. The maximum Gasteiger partial charge on any atom is 0.243 e. The first-order chi connectivity index (χ1) is 20.1. The van der Waals surface area contributed by atoms with Gasteiger partial charge in [-0.05, 0) is 85.2 Å². The van der Waals surface area contributed by atoms with Crippen molar-refractivity contribution in [2.24, 2.45) is 5.92 Å². The van der Waals surface area contributed by atoms with E-state index in [1.807, 2.05) is 36.4 Å². The van der Waals surface area contributed by atoms with Gasteiger partial charge in [0.2, 0.25) is 20.0 Å². The van der Waals surface area contributed by atoms with Gasteiger partial charge in [0.1, 0.15) is 0 Å². The molecule has 2 aliphatic carbocycles. The molecule has 0 amide bonds. The Morgan fingerprint density at radius 2 is 1.26 bits per heavy atom. The highest BCUT2D eigenvalue weighted by molar-refractivity contribution is 9.10. The highest BCUT2D eigenvalue weighted by atomic mass is 79.9. The van der Waals surface area contributed by atoms with Crippen molar-refractivity contribution in [2.75, 3.05) is 6.54 Å². The first-order valence-corrected chi connectivity index (χ1v) is 18.8. The van der Waals surface area contributed by atoms with Crippen LogP contribution in [0, 0.1) is 5.92 Å². The molecule has 42 heavy (non-hydrogen) atoms. The van der Waals surface area contributed by atoms with Crippen molar-refractivity contribution in [3.05, 3.63) is 93.4 Å². The fourth-order valence-corrected chi connectivity index (χ4v) is 9.87. The molecule has 0 aliphatic heterocycles. The zero-order valence-corrected chi connectivity index (χ0v) is 27.6. The minimum absolute atomic E-state index is 0.0932. The van der Waals surface area contributed by atoms with Gasteiger partial charge in [-0.1, -0.05) is 90.0 Å². The summed E-state index contributed by atoms with van der Waals surface area (Å²) in [5.41, 5.74) is 1.75. The van der Waals surface area contributed by atoms with Crippen LogP contribution >= 0.6 is 27.5 Å². The number of benzene rings is 3. The molecular weight excluding hydrogens is 656 g/mol. The van der Waals surface area contributed by atoms with E-state index >= 15 is 0 Å². The summed E-state index contributed by atoms with van der Waals surface area (Å²) in [4.78, 5) is 0.210. The number of halogens is 2. The van der Waals surface area contributed by atoms with Gasteiger partial charge in [-0.3, -0.25) is 0 Å². The van der Waals surface area contributed by atoms with Crippen LogP contribution in [-0.2, 0) is 33.1 Å². The molecule has 0 radical (unpaired) electrons. The van der Waals surface area contributed by atoms with Crippen molar-refractivity contribution in [3.63, 3.8) is 0 Å². The van der Waals surface area contributed by atoms with Crippen LogP contribution in [0.25, 0.3) is 0 Å². The maximum atomic E-state index is 14.0. The Morgan fingerprint density at radius 3 is 1.88 bits per heavy atom. The number of sulfonamides is 2. The molecule has 0 N–H and O–H groups in total. The monoisotopic (exact) mass is 692 g/mol. The number of nitrogens with zero attached hydrogens (tertiary/aromatic N) is 2. The minimum atomic E-state index is -3.87. The van der Waals surface area contributed by atoms with E-state index in [2.05, 4.69) is 15.9 Å². The van der Waals surface area contributed by atoms with Crippen molar-refractivity contribution in [3.8, 4) is 0 Å². The molecule has 10 heteroatoms. The Bertz CT molecular complexity index is 1550. The standard InChI is InChI=1S/C32H38BrClN2O4S2/c33-32-13-7-4-10-27(32)24-35(22-25-8-2-1-3-9-25)41(37,38)30-18-20-31(21-19-30)42(39,40)36(29-11-5-6-12-29)23-26-14-16-28(34)17-15-26/h4,7,10,13-21,25,29H,1-3,5-6,8-9,11-12,22-24H2. The van der Waals surface area contributed by atoms with Crippen LogP contribution in [0.5, 0.6) is 0 Å². The highest BCUT2D eigenvalue weighted by Gasteiger charge is 2.34. The molecule has 0 atom stereocenters. The molecule has 2 aliphatic rings. The fraction of sp³-hybridized carbons (Fsp3) is 0.438. The van der Waals surface area contributed by atoms with Crippen LogP contribution in [0.1, 0.15) is 68.9 Å². The van der Waals surface area contributed by atoms with Crippen LogP contribution in [-0.4, -0.2) is 38.0 Å². The van der Waals surface area contributed by atoms with Gasteiger partial charge in [0.25, 0.3) is 0 Å². The summed E-state index contributed by atoms with van der Waals surface area (Å²) in [6, 6.07) is 20.6. The fourth-order valence-electron chi connectivity index (χ4n) is 6.16. The molecule has 0 unspecified atom stereocenters. The van der Waals surface area contributed by atoms with Gasteiger partial charge in [-0.15, -0.1) is 0 Å². The van der Waals surface area contributed by atoms with Crippen molar-refractivity contribution in [1.82, 2.24) is 8.61 Å². The lowest BCUT2D eigenvalue weighted by molar-refractivity contribution is 0.275. The van der Waals surface area contributed by atoms with Gasteiger partial charge in [0, 0.05) is 35.2 Å². The van der Waals surface area contributed by atoms with E-state index in [0.29, 0.717) is 17.5 Å². The molecule has 0 saturated heterocycles. The molecule has 6 nitrogen and oxygen atoms in total. The van der Waals surface area contributed by atoms with Gasteiger partial charge in [-0.2, -0.15) is 8.61 Å². The Kier molecular flexibility index (Phi) is 10.5. The lowest BCUT2D eigenvalue weighted by atomic mass is 9.89. The summed E-state index contributed by atoms with van der Waals surface area (Å²) in [6.07, 6.45) is 9.06. The molecule has 5 rings (SSSR count). The van der Waals surface area contributed by atoms with E-state index < -0.39 is 20.0 Å². The van der Waals surface area contributed by atoms with Gasteiger partial charge in [0.05, 0.1) is 9.79 Å². The Labute approximate surface area is 264 Å². The average Bonchev–Trinajstić information content (AvgIpc) is 3.53. The van der Waals surface area contributed by atoms with Crippen LogP contribution in [0.4, 0.5) is 0 Å². The number of hydrogen-bond acceptors (Lipinski definition) is 4. The smallest absolute Gasteiger partial charge is 0.207 e. The summed E-state index contributed by atoms with van der Waals surface area (Å²) in [7, 11) is -7.74. The summed E-state index contributed by atoms with van der Waals surface area (Å²) in [6.45, 7) is 0.933. The highest BCUT2D eigenvalue weighted by Crippen LogP contribution is 2.33. The first kappa shape index (κ1) is 31.7. The topological polar surface area (TPSA) is 74.8 Å². The molecule has 226 valence electrons. The van der Waals surface area contributed by atoms with Crippen LogP contribution < -0.4 is 0 Å². The molecule has 0 heterocycles. The molecule has 0 bridgehead atoms. The van der Waals surface area contributed by atoms with Crippen LogP contribution in [0.2, 0.25) is 5.02 Å². The summed E-state index contributed by atoms with van der Waals surface area (Å²) < 4.78 is 60.0. The van der Waals surface area contributed by atoms with Gasteiger partial charge in [-0.25, -0.2) is 16.8 Å².